The van der Waals surface area contributed by atoms with Gasteiger partial charge >= 0.3 is 0 Å². The van der Waals surface area contributed by atoms with E-state index in [9.17, 15) is 4.79 Å². The van der Waals surface area contributed by atoms with Crippen molar-refractivity contribution in [3.8, 4) is 0 Å². The standard InChI is InChI=1S/C18H25NO2/c1-3-14(2)16-13-21-18(11-7-8-12-18)19(16)17(20)15-9-5-4-6-10-15/h4-6,9-10,14,16H,3,7-8,11-13H2,1-2H3/t14?,16-/m1/s1. The molecule has 3 heteroatoms. The molecule has 1 aliphatic heterocycles. The third-order valence-electron chi connectivity index (χ3n) is 5.22. The van der Waals surface area contributed by atoms with E-state index in [1.807, 2.05) is 30.3 Å². The first-order chi connectivity index (χ1) is 10.2. The number of carbonyl (C=O) groups excluding carboxylic acids is 1. The van der Waals surface area contributed by atoms with Crippen molar-refractivity contribution in [2.45, 2.75) is 57.7 Å². The van der Waals surface area contributed by atoms with E-state index >= 15 is 0 Å². The van der Waals surface area contributed by atoms with Gasteiger partial charge in [0.15, 0.2) is 0 Å². The minimum absolute atomic E-state index is 0.139. The molecule has 2 fully saturated rings. The highest BCUT2D eigenvalue weighted by Gasteiger charge is 2.52. The predicted octanol–water partition coefficient (Wildman–Crippen LogP) is 3.84. The summed E-state index contributed by atoms with van der Waals surface area (Å²) >= 11 is 0. The molecule has 1 spiro atoms. The molecule has 1 aliphatic carbocycles. The van der Waals surface area contributed by atoms with Crippen molar-refractivity contribution in [3.05, 3.63) is 35.9 Å². The third kappa shape index (κ3) is 2.48. The fourth-order valence-electron chi connectivity index (χ4n) is 3.75. The number of hydrogen-bond donors (Lipinski definition) is 0. The first-order valence-corrected chi connectivity index (χ1v) is 8.20. The average Bonchev–Trinajstić information content (AvgIpc) is 3.15. The van der Waals surface area contributed by atoms with Crippen LogP contribution in [0.15, 0.2) is 30.3 Å². The van der Waals surface area contributed by atoms with E-state index in [1.165, 1.54) is 0 Å². The second-order valence-electron chi connectivity index (χ2n) is 6.46. The molecule has 114 valence electrons. The van der Waals surface area contributed by atoms with Crippen molar-refractivity contribution in [1.82, 2.24) is 4.90 Å². The molecule has 21 heavy (non-hydrogen) atoms. The zero-order valence-corrected chi connectivity index (χ0v) is 13.0. The second kappa shape index (κ2) is 5.80. The Balaban J connectivity index is 1.94. The predicted molar refractivity (Wildman–Crippen MR) is 83.0 cm³/mol. The summed E-state index contributed by atoms with van der Waals surface area (Å²) in [7, 11) is 0. The Kier molecular flexibility index (Phi) is 4.03. The van der Waals surface area contributed by atoms with E-state index in [1.54, 1.807) is 0 Å². The van der Waals surface area contributed by atoms with Gasteiger partial charge in [-0.3, -0.25) is 4.79 Å². The fraction of sp³-hybridized carbons (Fsp3) is 0.611. The number of rotatable bonds is 3. The molecule has 0 N–H and O–H groups in total. The molecule has 2 aliphatic rings. The maximum Gasteiger partial charge on any atom is 0.256 e. The fourth-order valence-corrected chi connectivity index (χ4v) is 3.75. The molecule has 1 aromatic rings. The molecule has 0 aromatic heterocycles. The maximum atomic E-state index is 13.1. The third-order valence-corrected chi connectivity index (χ3v) is 5.22. The van der Waals surface area contributed by atoms with Gasteiger partial charge in [0.2, 0.25) is 0 Å². The zero-order valence-electron chi connectivity index (χ0n) is 13.0. The lowest BCUT2D eigenvalue weighted by molar-refractivity contribution is -0.0653. The van der Waals surface area contributed by atoms with Crippen LogP contribution in [0.2, 0.25) is 0 Å². The summed E-state index contributed by atoms with van der Waals surface area (Å²) in [4.78, 5) is 15.2. The lowest BCUT2D eigenvalue weighted by Crippen LogP contribution is -2.51. The van der Waals surface area contributed by atoms with Crippen molar-refractivity contribution in [2.24, 2.45) is 5.92 Å². The van der Waals surface area contributed by atoms with Gasteiger partial charge in [0.1, 0.15) is 5.72 Å². The van der Waals surface area contributed by atoms with Crippen LogP contribution in [-0.2, 0) is 4.74 Å². The van der Waals surface area contributed by atoms with E-state index in [0.717, 1.165) is 37.7 Å². The largest absolute Gasteiger partial charge is 0.353 e. The van der Waals surface area contributed by atoms with E-state index in [4.69, 9.17) is 4.74 Å². The van der Waals surface area contributed by atoms with Crippen molar-refractivity contribution in [2.75, 3.05) is 6.61 Å². The smallest absolute Gasteiger partial charge is 0.256 e. The summed E-state index contributed by atoms with van der Waals surface area (Å²) < 4.78 is 6.20. The minimum atomic E-state index is -0.332. The normalized spacial score (nSPS) is 25.4. The maximum absolute atomic E-state index is 13.1. The summed E-state index contributed by atoms with van der Waals surface area (Å²) in [5.41, 5.74) is 0.448. The highest BCUT2D eigenvalue weighted by molar-refractivity contribution is 5.95. The topological polar surface area (TPSA) is 29.5 Å². The van der Waals surface area contributed by atoms with Gasteiger partial charge in [0, 0.05) is 5.56 Å². The second-order valence-corrected chi connectivity index (χ2v) is 6.46. The summed E-state index contributed by atoms with van der Waals surface area (Å²) in [6.07, 6.45) is 5.36. The van der Waals surface area contributed by atoms with Crippen molar-refractivity contribution in [3.63, 3.8) is 0 Å². The van der Waals surface area contributed by atoms with Gasteiger partial charge in [-0.15, -0.1) is 0 Å². The molecule has 0 radical (unpaired) electrons. The van der Waals surface area contributed by atoms with Crippen LogP contribution in [0.25, 0.3) is 0 Å². The summed E-state index contributed by atoms with van der Waals surface area (Å²) in [6.45, 7) is 5.11. The molecule has 1 amide bonds. The number of amides is 1. The van der Waals surface area contributed by atoms with E-state index in [-0.39, 0.29) is 17.7 Å². The van der Waals surface area contributed by atoms with E-state index in [0.29, 0.717) is 12.5 Å². The lowest BCUT2D eigenvalue weighted by Gasteiger charge is -2.38. The molecule has 1 heterocycles. The Bertz CT molecular complexity index is 493. The van der Waals surface area contributed by atoms with Gasteiger partial charge in [-0.05, 0) is 43.7 Å². The van der Waals surface area contributed by atoms with Crippen molar-refractivity contribution in [1.29, 1.82) is 0 Å². The molecular weight excluding hydrogens is 262 g/mol. The number of nitrogens with zero attached hydrogens (tertiary/aromatic N) is 1. The molecule has 1 saturated heterocycles. The van der Waals surface area contributed by atoms with Gasteiger partial charge in [-0.2, -0.15) is 0 Å². The van der Waals surface area contributed by atoms with E-state index < -0.39 is 0 Å². The van der Waals surface area contributed by atoms with Crippen LogP contribution in [0.5, 0.6) is 0 Å². The monoisotopic (exact) mass is 287 g/mol. The Labute approximate surface area is 127 Å². The first-order valence-electron chi connectivity index (χ1n) is 8.20. The van der Waals surface area contributed by atoms with Gasteiger partial charge < -0.3 is 9.64 Å². The summed E-state index contributed by atoms with van der Waals surface area (Å²) in [5.74, 6) is 0.609. The van der Waals surface area contributed by atoms with Crippen LogP contribution >= 0.6 is 0 Å². The van der Waals surface area contributed by atoms with Crippen LogP contribution in [0.1, 0.15) is 56.3 Å². The van der Waals surface area contributed by atoms with E-state index in [2.05, 4.69) is 18.7 Å². The Morgan fingerprint density at radius 3 is 2.62 bits per heavy atom. The zero-order chi connectivity index (χ0) is 14.9. The average molecular weight is 287 g/mol. The van der Waals surface area contributed by atoms with Gasteiger partial charge in [0.05, 0.1) is 12.6 Å². The molecule has 1 unspecified atom stereocenters. The highest BCUT2D eigenvalue weighted by Crippen LogP contribution is 2.44. The molecule has 3 nitrogen and oxygen atoms in total. The summed E-state index contributed by atoms with van der Waals surface area (Å²) in [6, 6.07) is 9.86. The molecular formula is C18H25NO2. The molecule has 2 atom stereocenters. The van der Waals surface area contributed by atoms with Crippen molar-refractivity contribution < 1.29 is 9.53 Å². The van der Waals surface area contributed by atoms with Gasteiger partial charge in [-0.25, -0.2) is 0 Å². The molecule has 1 aromatic carbocycles. The number of hydrogen-bond acceptors (Lipinski definition) is 2. The SMILES string of the molecule is CCC(C)[C@H]1COC2(CCCC2)N1C(=O)c1ccccc1. The van der Waals surface area contributed by atoms with Gasteiger partial charge in [0.25, 0.3) is 5.91 Å². The Morgan fingerprint density at radius 2 is 2.00 bits per heavy atom. The van der Waals surface area contributed by atoms with Crippen LogP contribution in [0.3, 0.4) is 0 Å². The molecule has 0 bridgehead atoms. The molecule has 1 saturated carbocycles. The van der Waals surface area contributed by atoms with Crippen LogP contribution in [0, 0.1) is 5.92 Å². The highest BCUT2D eigenvalue weighted by atomic mass is 16.5. The summed E-state index contributed by atoms with van der Waals surface area (Å²) in [5, 5.41) is 0. The quantitative estimate of drug-likeness (QED) is 0.845. The minimum Gasteiger partial charge on any atom is -0.353 e. The van der Waals surface area contributed by atoms with Gasteiger partial charge in [-0.1, -0.05) is 38.5 Å². The lowest BCUT2D eigenvalue weighted by atomic mass is 9.96. The molecule has 3 rings (SSSR count). The van der Waals surface area contributed by atoms with Crippen LogP contribution in [0.4, 0.5) is 0 Å². The van der Waals surface area contributed by atoms with Crippen molar-refractivity contribution >= 4 is 5.91 Å². The van der Waals surface area contributed by atoms with Crippen LogP contribution in [-0.4, -0.2) is 29.2 Å². The first kappa shape index (κ1) is 14.6. The Morgan fingerprint density at radius 1 is 1.33 bits per heavy atom. The van der Waals surface area contributed by atoms with Crippen LogP contribution < -0.4 is 0 Å². The Hall–Kier alpha value is -1.35. The number of ether oxygens (including phenoxy) is 1. The number of benzene rings is 1. The number of carbonyl (C=O) groups is 1.